The monoisotopic (exact) mass is 319 g/mol. The van der Waals surface area contributed by atoms with Crippen LogP contribution >= 0.6 is 15.9 Å². The van der Waals surface area contributed by atoms with E-state index in [9.17, 15) is 0 Å². The summed E-state index contributed by atoms with van der Waals surface area (Å²) in [6.45, 7) is 3.44. The number of nitrogens with zero attached hydrogens (tertiary/aromatic N) is 2. The van der Waals surface area contributed by atoms with Crippen molar-refractivity contribution in [2.75, 3.05) is 11.9 Å². The molecule has 0 atom stereocenters. The first-order valence-electron chi connectivity index (χ1n) is 6.22. The summed E-state index contributed by atoms with van der Waals surface area (Å²) in [5.74, 6) is 0.939. The first-order chi connectivity index (χ1) is 9.11. The molecule has 0 unspecified atom stereocenters. The van der Waals surface area contributed by atoms with Crippen LogP contribution in [0.3, 0.4) is 0 Å². The molecule has 1 heterocycles. The zero-order valence-corrected chi connectivity index (χ0v) is 12.8. The Labute approximate surface area is 122 Å². The average Bonchev–Trinajstić information content (AvgIpc) is 2.41. The van der Waals surface area contributed by atoms with Gasteiger partial charge in [0.1, 0.15) is 5.82 Å². The number of hydrogen-bond donors (Lipinski definition) is 1. The van der Waals surface area contributed by atoms with Crippen molar-refractivity contribution in [3.8, 4) is 0 Å². The number of hydrogen-bond acceptors (Lipinski definition) is 3. The Hall–Kier alpha value is -1.39. The van der Waals surface area contributed by atoms with E-state index in [1.807, 2.05) is 19.3 Å². The van der Waals surface area contributed by atoms with Gasteiger partial charge >= 0.3 is 0 Å². The number of pyridine rings is 1. The van der Waals surface area contributed by atoms with Crippen LogP contribution in [0.25, 0.3) is 0 Å². The third-order valence-electron chi connectivity index (χ3n) is 3.16. The highest BCUT2D eigenvalue weighted by molar-refractivity contribution is 9.10. The molecule has 100 valence electrons. The number of benzene rings is 1. The standard InChI is InChI=1S/C15H18BrN3/c1-11-5-3-4-6-12(11)10-19(2)15-13(8-17)7-14(16)9-18-15/h3-7,9H,8,10,17H2,1-2H3. The van der Waals surface area contributed by atoms with E-state index in [4.69, 9.17) is 5.73 Å². The van der Waals surface area contributed by atoms with Crippen molar-refractivity contribution in [2.24, 2.45) is 5.73 Å². The van der Waals surface area contributed by atoms with Gasteiger partial charge in [-0.3, -0.25) is 0 Å². The summed E-state index contributed by atoms with van der Waals surface area (Å²) in [6.07, 6.45) is 1.81. The fourth-order valence-corrected chi connectivity index (χ4v) is 2.46. The van der Waals surface area contributed by atoms with E-state index in [-0.39, 0.29) is 0 Å². The average molecular weight is 320 g/mol. The second-order valence-electron chi connectivity index (χ2n) is 4.62. The summed E-state index contributed by atoms with van der Waals surface area (Å²) in [4.78, 5) is 6.61. The lowest BCUT2D eigenvalue weighted by molar-refractivity contribution is 0.869. The van der Waals surface area contributed by atoms with Crippen molar-refractivity contribution in [1.29, 1.82) is 0 Å². The molecule has 2 rings (SSSR count). The Morgan fingerprint density at radius 3 is 2.68 bits per heavy atom. The molecular weight excluding hydrogens is 302 g/mol. The van der Waals surface area contributed by atoms with Crippen molar-refractivity contribution in [1.82, 2.24) is 4.98 Å². The molecular formula is C15H18BrN3. The topological polar surface area (TPSA) is 42.2 Å². The van der Waals surface area contributed by atoms with Gasteiger partial charge in [0.2, 0.25) is 0 Å². The van der Waals surface area contributed by atoms with Crippen LogP contribution < -0.4 is 10.6 Å². The zero-order valence-electron chi connectivity index (χ0n) is 11.2. The molecule has 0 amide bonds. The first-order valence-corrected chi connectivity index (χ1v) is 7.01. The minimum absolute atomic E-state index is 0.486. The van der Waals surface area contributed by atoms with Gasteiger partial charge in [-0.05, 0) is 40.0 Å². The van der Waals surface area contributed by atoms with Crippen molar-refractivity contribution >= 4 is 21.7 Å². The van der Waals surface area contributed by atoms with E-state index in [0.29, 0.717) is 6.54 Å². The van der Waals surface area contributed by atoms with Gasteiger partial charge in [-0.1, -0.05) is 24.3 Å². The maximum atomic E-state index is 5.79. The molecule has 1 aromatic carbocycles. The molecule has 0 fully saturated rings. The largest absolute Gasteiger partial charge is 0.355 e. The summed E-state index contributed by atoms with van der Waals surface area (Å²) in [7, 11) is 2.04. The van der Waals surface area contributed by atoms with Gasteiger partial charge in [-0.15, -0.1) is 0 Å². The predicted octanol–water partition coefficient (Wildman–Crippen LogP) is 3.25. The number of halogens is 1. The summed E-state index contributed by atoms with van der Waals surface area (Å²) in [5, 5.41) is 0. The van der Waals surface area contributed by atoms with E-state index in [0.717, 1.165) is 22.4 Å². The molecule has 0 bridgehead atoms. The Bertz CT molecular complexity index is 569. The maximum absolute atomic E-state index is 5.79. The minimum atomic E-state index is 0.486. The molecule has 1 aromatic heterocycles. The Morgan fingerprint density at radius 1 is 1.26 bits per heavy atom. The number of anilines is 1. The molecule has 3 nitrogen and oxygen atoms in total. The zero-order chi connectivity index (χ0) is 13.8. The minimum Gasteiger partial charge on any atom is -0.355 e. The molecule has 0 spiro atoms. The van der Waals surface area contributed by atoms with E-state index in [1.54, 1.807) is 0 Å². The fourth-order valence-electron chi connectivity index (χ4n) is 2.09. The van der Waals surface area contributed by atoms with Gasteiger partial charge in [0.25, 0.3) is 0 Å². The lowest BCUT2D eigenvalue weighted by atomic mass is 10.1. The van der Waals surface area contributed by atoms with Gasteiger partial charge < -0.3 is 10.6 Å². The number of aromatic nitrogens is 1. The van der Waals surface area contributed by atoms with Crippen molar-refractivity contribution in [2.45, 2.75) is 20.0 Å². The second-order valence-corrected chi connectivity index (χ2v) is 5.54. The predicted molar refractivity (Wildman–Crippen MR) is 83.1 cm³/mol. The maximum Gasteiger partial charge on any atom is 0.133 e. The molecule has 0 aliphatic rings. The summed E-state index contributed by atoms with van der Waals surface area (Å²) < 4.78 is 0.959. The molecule has 4 heteroatoms. The molecule has 2 N–H and O–H groups in total. The van der Waals surface area contributed by atoms with Gasteiger partial charge in [0.05, 0.1) is 0 Å². The van der Waals surface area contributed by atoms with E-state index < -0.39 is 0 Å². The fraction of sp³-hybridized carbons (Fsp3) is 0.267. The third-order valence-corrected chi connectivity index (χ3v) is 3.59. The Kier molecular flexibility index (Phi) is 4.56. The molecule has 2 aromatic rings. The van der Waals surface area contributed by atoms with E-state index in [2.05, 4.69) is 57.0 Å². The van der Waals surface area contributed by atoms with Crippen molar-refractivity contribution in [3.05, 3.63) is 57.7 Å². The Balaban J connectivity index is 2.25. The normalized spacial score (nSPS) is 10.5. The lowest BCUT2D eigenvalue weighted by Gasteiger charge is -2.22. The second kappa shape index (κ2) is 6.17. The van der Waals surface area contributed by atoms with Crippen molar-refractivity contribution < 1.29 is 0 Å². The van der Waals surface area contributed by atoms with Crippen LogP contribution in [-0.4, -0.2) is 12.0 Å². The number of aryl methyl sites for hydroxylation is 1. The molecule has 0 saturated heterocycles. The van der Waals surface area contributed by atoms with Crippen LogP contribution in [0.15, 0.2) is 41.0 Å². The van der Waals surface area contributed by atoms with Gasteiger partial charge in [0, 0.05) is 36.4 Å². The van der Waals surface area contributed by atoms with E-state index >= 15 is 0 Å². The lowest BCUT2D eigenvalue weighted by Crippen LogP contribution is -2.20. The number of rotatable bonds is 4. The van der Waals surface area contributed by atoms with Crippen LogP contribution in [0, 0.1) is 6.92 Å². The molecule has 19 heavy (non-hydrogen) atoms. The molecule has 0 aliphatic heterocycles. The molecule has 0 aliphatic carbocycles. The highest BCUT2D eigenvalue weighted by Gasteiger charge is 2.10. The van der Waals surface area contributed by atoms with Crippen molar-refractivity contribution in [3.63, 3.8) is 0 Å². The summed E-state index contributed by atoms with van der Waals surface area (Å²) >= 11 is 3.43. The van der Waals surface area contributed by atoms with Crippen LogP contribution in [0.4, 0.5) is 5.82 Å². The number of nitrogens with two attached hydrogens (primary N) is 1. The first kappa shape index (κ1) is 14.0. The third kappa shape index (κ3) is 3.33. The van der Waals surface area contributed by atoms with Crippen LogP contribution in [0.1, 0.15) is 16.7 Å². The van der Waals surface area contributed by atoms with Crippen LogP contribution in [0.2, 0.25) is 0 Å². The summed E-state index contributed by atoms with van der Waals surface area (Å²) in [5.41, 5.74) is 9.44. The Morgan fingerprint density at radius 2 is 2.00 bits per heavy atom. The van der Waals surface area contributed by atoms with E-state index in [1.165, 1.54) is 11.1 Å². The van der Waals surface area contributed by atoms with Crippen LogP contribution in [-0.2, 0) is 13.1 Å². The van der Waals surface area contributed by atoms with Gasteiger partial charge in [-0.2, -0.15) is 0 Å². The highest BCUT2D eigenvalue weighted by atomic mass is 79.9. The molecule has 0 saturated carbocycles. The van der Waals surface area contributed by atoms with Gasteiger partial charge in [-0.25, -0.2) is 4.98 Å². The highest BCUT2D eigenvalue weighted by Crippen LogP contribution is 2.22. The SMILES string of the molecule is Cc1ccccc1CN(C)c1ncc(Br)cc1CN. The van der Waals surface area contributed by atoms with Crippen LogP contribution in [0.5, 0.6) is 0 Å². The van der Waals surface area contributed by atoms with Gasteiger partial charge in [0.15, 0.2) is 0 Å². The quantitative estimate of drug-likeness (QED) is 0.940. The summed E-state index contributed by atoms with van der Waals surface area (Å²) in [6, 6.07) is 10.4. The smallest absolute Gasteiger partial charge is 0.133 e. The molecule has 0 radical (unpaired) electrons.